The maximum atomic E-state index is 12.1. The van der Waals surface area contributed by atoms with Gasteiger partial charge in [-0.1, -0.05) is 0 Å². The first-order valence-corrected chi connectivity index (χ1v) is 9.08. The summed E-state index contributed by atoms with van der Waals surface area (Å²) in [7, 11) is -3.26. The monoisotopic (exact) mass is 288 g/mol. The van der Waals surface area contributed by atoms with Crippen molar-refractivity contribution in [1.29, 1.82) is 0 Å². The van der Waals surface area contributed by atoms with E-state index in [4.69, 9.17) is 0 Å². The number of sulfone groups is 1. The second kappa shape index (κ2) is 6.70. The number of likely N-dealkylation sites (tertiary alicyclic amines) is 1. The maximum Gasteiger partial charge on any atom is 0.237 e. The van der Waals surface area contributed by atoms with Crippen LogP contribution < -0.4 is 5.32 Å². The van der Waals surface area contributed by atoms with Crippen LogP contribution in [-0.2, 0) is 14.6 Å². The van der Waals surface area contributed by atoms with E-state index in [1.165, 1.54) is 0 Å². The first-order valence-electron chi connectivity index (χ1n) is 7.26. The van der Waals surface area contributed by atoms with Gasteiger partial charge in [-0.05, 0) is 51.1 Å². The number of amides is 1. The van der Waals surface area contributed by atoms with Crippen molar-refractivity contribution in [2.45, 2.75) is 32.1 Å². The molecule has 1 unspecified atom stereocenters. The fourth-order valence-electron chi connectivity index (χ4n) is 2.91. The van der Waals surface area contributed by atoms with E-state index in [1.54, 1.807) is 4.90 Å². The molecule has 6 heteroatoms. The summed E-state index contributed by atoms with van der Waals surface area (Å²) >= 11 is 0. The molecule has 0 spiro atoms. The van der Waals surface area contributed by atoms with Crippen molar-refractivity contribution >= 4 is 15.7 Å². The SMILES string of the molecule is O=C(CS(=O)(=O)CC1CCCNC1)N1CCCCC1. The molecule has 1 amide bonds. The molecule has 2 aliphatic heterocycles. The number of carbonyl (C=O) groups excluding carboxylic acids is 1. The molecule has 0 aliphatic carbocycles. The molecule has 19 heavy (non-hydrogen) atoms. The molecule has 2 fully saturated rings. The van der Waals surface area contributed by atoms with Gasteiger partial charge in [0.05, 0.1) is 5.75 Å². The molecule has 5 nitrogen and oxygen atoms in total. The summed E-state index contributed by atoms with van der Waals surface area (Å²) in [5.41, 5.74) is 0. The molecular weight excluding hydrogens is 264 g/mol. The first-order chi connectivity index (χ1) is 9.07. The Bertz CT molecular complexity index is 396. The number of hydrogen-bond acceptors (Lipinski definition) is 4. The van der Waals surface area contributed by atoms with Gasteiger partial charge in [-0.25, -0.2) is 8.42 Å². The zero-order chi connectivity index (χ0) is 13.7. The largest absolute Gasteiger partial charge is 0.342 e. The Morgan fingerprint density at radius 3 is 2.53 bits per heavy atom. The smallest absolute Gasteiger partial charge is 0.237 e. The Morgan fingerprint density at radius 1 is 1.16 bits per heavy atom. The van der Waals surface area contributed by atoms with Crippen molar-refractivity contribution in [2.24, 2.45) is 5.92 Å². The number of hydrogen-bond donors (Lipinski definition) is 1. The second-order valence-electron chi connectivity index (χ2n) is 5.71. The van der Waals surface area contributed by atoms with Gasteiger partial charge in [0.15, 0.2) is 9.84 Å². The van der Waals surface area contributed by atoms with E-state index in [0.29, 0.717) is 0 Å². The molecular formula is C13H24N2O3S. The van der Waals surface area contributed by atoms with Crippen LogP contribution in [0.4, 0.5) is 0 Å². The van der Waals surface area contributed by atoms with Gasteiger partial charge < -0.3 is 10.2 Å². The van der Waals surface area contributed by atoms with Crippen molar-refractivity contribution in [2.75, 3.05) is 37.7 Å². The zero-order valence-corrected chi connectivity index (χ0v) is 12.3. The summed E-state index contributed by atoms with van der Waals surface area (Å²) in [5, 5.41) is 3.21. The summed E-state index contributed by atoms with van der Waals surface area (Å²) in [6.07, 6.45) is 5.12. The van der Waals surface area contributed by atoms with E-state index in [1.807, 2.05) is 0 Å². The van der Waals surface area contributed by atoms with Crippen LogP contribution in [0.15, 0.2) is 0 Å². The molecule has 2 saturated heterocycles. The summed E-state index contributed by atoms with van der Waals surface area (Å²) in [6, 6.07) is 0. The number of carbonyl (C=O) groups is 1. The average molecular weight is 288 g/mol. The van der Waals surface area contributed by atoms with Crippen molar-refractivity contribution in [1.82, 2.24) is 10.2 Å². The third-order valence-corrected chi connectivity index (χ3v) is 5.61. The Morgan fingerprint density at radius 2 is 1.89 bits per heavy atom. The molecule has 1 N–H and O–H groups in total. The number of nitrogens with zero attached hydrogens (tertiary/aromatic N) is 1. The van der Waals surface area contributed by atoms with E-state index in [2.05, 4.69) is 5.32 Å². The van der Waals surface area contributed by atoms with Gasteiger partial charge in [0.2, 0.25) is 5.91 Å². The molecule has 1 atom stereocenters. The quantitative estimate of drug-likeness (QED) is 0.814. The molecule has 2 aliphatic rings. The highest BCUT2D eigenvalue weighted by Gasteiger charge is 2.26. The lowest BCUT2D eigenvalue weighted by molar-refractivity contribution is -0.129. The standard InChI is InChI=1S/C13H24N2O3S/c16-13(15-7-2-1-3-8-15)11-19(17,18)10-12-5-4-6-14-9-12/h12,14H,1-11H2. The van der Waals surface area contributed by atoms with Gasteiger partial charge >= 0.3 is 0 Å². The fraction of sp³-hybridized carbons (Fsp3) is 0.923. The number of nitrogens with one attached hydrogen (secondary N) is 1. The minimum Gasteiger partial charge on any atom is -0.342 e. The predicted molar refractivity (Wildman–Crippen MR) is 74.7 cm³/mol. The minimum atomic E-state index is -3.26. The van der Waals surface area contributed by atoms with Crippen LogP contribution in [0.1, 0.15) is 32.1 Å². The van der Waals surface area contributed by atoms with E-state index in [0.717, 1.165) is 58.3 Å². The van der Waals surface area contributed by atoms with Crippen LogP contribution in [0, 0.1) is 5.92 Å². The topological polar surface area (TPSA) is 66.5 Å². The maximum absolute atomic E-state index is 12.1. The summed E-state index contributed by atoms with van der Waals surface area (Å²) in [6.45, 7) is 3.18. The Kier molecular flexibility index (Phi) is 5.21. The van der Waals surface area contributed by atoms with Crippen LogP contribution in [0.25, 0.3) is 0 Å². The Hall–Kier alpha value is -0.620. The first kappa shape index (κ1) is 14.8. The second-order valence-corrected chi connectivity index (χ2v) is 7.82. The van der Waals surface area contributed by atoms with Gasteiger partial charge in [0.1, 0.15) is 5.75 Å². The third-order valence-electron chi connectivity index (χ3n) is 3.94. The van der Waals surface area contributed by atoms with Crippen LogP contribution in [0.5, 0.6) is 0 Å². The molecule has 0 aromatic heterocycles. The lowest BCUT2D eigenvalue weighted by Crippen LogP contribution is -2.41. The highest BCUT2D eigenvalue weighted by molar-refractivity contribution is 7.92. The molecule has 0 radical (unpaired) electrons. The van der Waals surface area contributed by atoms with E-state index < -0.39 is 9.84 Å². The number of rotatable bonds is 4. The molecule has 110 valence electrons. The molecule has 2 heterocycles. The average Bonchev–Trinajstić information content (AvgIpc) is 2.39. The van der Waals surface area contributed by atoms with Crippen molar-refractivity contribution < 1.29 is 13.2 Å². The van der Waals surface area contributed by atoms with Gasteiger partial charge in [-0.3, -0.25) is 4.79 Å². The molecule has 2 rings (SSSR count). The van der Waals surface area contributed by atoms with Gasteiger partial charge in [-0.2, -0.15) is 0 Å². The lowest BCUT2D eigenvalue weighted by atomic mass is 10.0. The van der Waals surface area contributed by atoms with E-state index in [-0.39, 0.29) is 23.3 Å². The van der Waals surface area contributed by atoms with Crippen LogP contribution in [0.2, 0.25) is 0 Å². The highest BCUT2D eigenvalue weighted by atomic mass is 32.2. The lowest BCUT2D eigenvalue weighted by Gasteiger charge is -2.27. The normalized spacial score (nSPS) is 25.3. The highest BCUT2D eigenvalue weighted by Crippen LogP contribution is 2.14. The van der Waals surface area contributed by atoms with Crippen molar-refractivity contribution in [3.63, 3.8) is 0 Å². The molecule has 0 saturated carbocycles. The van der Waals surface area contributed by atoms with Crippen LogP contribution in [-0.4, -0.2) is 56.9 Å². The molecule has 0 aromatic rings. The van der Waals surface area contributed by atoms with E-state index >= 15 is 0 Å². The predicted octanol–water partition coefficient (Wildman–Crippen LogP) is 0.413. The Labute approximate surface area is 115 Å². The minimum absolute atomic E-state index is 0.152. The van der Waals surface area contributed by atoms with Crippen LogP contribution in [0.3, 0.4) is 0 Å². The fourth-order valence-corrected chi connectivity index (χ4v) is 4.59. The van der Waals surface area contributed by atoms with Gasteiger partial charge in [-0.15, -0.1) is 0 Å². The molecule has 0 bridgehead atoms. The van der Waals surface area contributed by atoms with Crippen molar-refractivity contribution in [3.05, 3.63) is 0 Å². The van der Waals surface area contributed by atoms with Crippen LogP contribution >= 0.6 is 0 Å². The zero-order valence-electron chi connectivity index (χ0n) is 11.4. The van der Waals surface area contributed by atoms with Gasteiger partial charge in [0, 0.05) is 13.1 Å². The third kappa shape index (κ3) is 4.76. The molecule has 0 aromatic carbocycles. The summed E-state index contributed by atoms with van der Waals surface area (Å²) in [5.74, 6) is -0.181. The number of piperidine rings is 2. The summed E-state index contributed by atoms with van der Waals surface area (Å²) < 4.78 is 24.2. The summed E-state index contributed by atoms with van der Waals surface area (Å²) in [4.78, 5) is 13.7. The Balaban J connectivity index is 1.83. The van der Waals surface area contributed by atoms with Crippen molar-refractivity contribution in [3.8, 4) is 0 Å². The van der Waals surface area contributed by atoms with E-state index in [9.17, 15) is 13.2 Å². The van der Waals surface area contributed by atoms with Gasteiger partial charge in [0.25, 0.3) is 0 Å².